The quantitative estimate of drug-likeness (QED) is 0.517. The van der Waals surface area contributed by atoms with E-state index in [9.17, 15) is 4.79 Å². The van der Waals surface area contributed by atoms with Crippen LogP contribution in [-0.4, -0.2) is 38.7 Å². The predicted molar refractivity (Wildman–Crippen MR) is 115 cm³/mol. The van der Waals surface area contributed by atoms with Crippen LogP contribution in [0.4, 0.5) is 5.69 Å². The Labute approximate surface area is 173 Å². The van der Waals surface area contributed by atoms with Crippen molar-refractivity contribution in [1.82, 2.24) is 0 Å². The normalized spacial score (nSPS) is 15.1. The van der Waals surface area contributed by atoms with Gasteiger partial charge in [0.15, 0.2) is 15.8 Å². The van der Waals surface area contributed by atoms with Crippen LogP contribution in [-0.2, 0) is 4.79 Å². The lowest BCUT2D eigenvalue weighted by Crippen LogP contribution is -2.27. The maximum absolute atomic E-state index is 13.0. The topological polar surface area (TPSA) is 57.2 Å². The first-order chi connectivity index (χ1) is 13.5. The Morgan fingerprint density at radius 3 is 2.11 bits per heavy atom. The largest absolute Gasteiger partial charge is 0.495 e. The minimum absolute atomic E-state index is 0.215. The number of amides is 1. The molecule has 3 rings (SSSR count). The number of ether oxygens (including phenoxy) is 4. The van der Waals surface area contributed by atoms with E-state index in [0.717, 1.165) is 5.56 Å². The molecule has 28 heavy (non-hydrogen) atoms. The number of hydrogen-bond acceptors (Lipinski definition) is 7. The first-order valence-corrected chi connectivity index (χ1v) is 9.47. The smallest absolute Gasteiger partial charge is 0.270 e. The van der Waals surface area contributed by atoms with Crippen LogP contribution in [0.5, 0.6) is 23.0 Å². The zero-order chi connectivity index (χ0) is 20.3. The number of thioether (sulfide) groups is 1. The molecule has 0 saturated carbocycles. The van der Waals surface area contributed by atoms with Gasteiger partial charge in [0, 0.05) is 0 Å². The van der Waals surface area contributed by atoms with E-state index < -0.39 is 0 Å². The highest BCUT2D eigenvalue weighted by Crippen LogP contribution is 2.42. The molecule has 8 heteroatoms. The second-order valence-electron chi connectivity index (χ2n) is 5.65. The molecule has 1 aliphatic heterocycles. The second kappa shape index (κ2) is 8.53. The van der Waals surface area contributed by atoms with E-state index in [1.165, 1.54) is 16.7 Å². The average molecular weight is 418 g/mol. The van der Waals surface area contributed by atoms with E-state index in [1.54, 1.807) is 58.8 Å². The summed E-state index contributed by atoms with van der Waals surface area (Å²) in [5, 5.41) is 0. The lowest BCUT2D eigenvalue weighted by molar-refractivity contribution is -0.113. The molecule has 1 aliphatic rings. The highest BCUT2D eigenvalue weighted by molar-refractivity contribution is 8.27. The molecule has 0 unspecified atom stereocenters. The van der Waals surface area contributed by atoms with Crippen molar-refractivity contribution in [2.45, 2.75) is 0 Å². The number of nitrogens with zero attached hydrogens (tertiary/aromatic N) is 1. The van der Waals surface area contributed by atoms with Crippen molar-refractivity contribution in [3.05, 3.63) is 46.9 Å². The van der Waals surface area contributed by atoms with Gasteiger partial charge in [0.1, 0.15) is 5.75 Å². The van der Waals surface area contributed by atoms with Gasteiger partial charge in [-0.05, 0) is 35.9 Å². The molecule has 0 N–H and O–H groups in total. The summed E-state index contributed by atoms with van der Waals surface area (Å²) in [7, 11) is 6.19. The van der Waals surface area contributed by atoms with Crippen LogP contribution in [0.2, 0.25) is 0 Å². The van der Waals surface area contributed by atoms with Gasteiger partial charge in [0.25, 0.3) is 5.91 Å². The van der Waals surface area contributed by atoms with Gasteiger partial charge in [0.2, 0.25) is 5.75 Å². The third kappa shape index (κ3) is 3.65. The monoisotopic (exact) mass is 417 g/mol. The van der Waals surface area contributed by atoms with Gasteiger partial charge >= 0.3 is 0 Å². The van der Waals surface area contributed by atoms with Crippen LogP contribution in [0.25, 0.3) is 6.08 Å². The fraction of sp³-hybridized carbons (Fsp3) is 0.200. The van der Waals surface area contributed by atoms with Crippen LogP contribution < -0.4 is 23.8 Å². The fourth-order valence-corrected chi connectivity index (χ4v) is 4.11. The van der Waals surface area contributed by atoms with Gasteiger partial charge in [-0.2, -0.15) is 0 Å². The summed E-state index contributed by atoms with van der Waals surface area (Å²) >= 11 is 6.67. The van der Waals surface area contributed by atoms with Crippen molar-refractivity contribution >= 4 is 46.0 Å². The van der Waals surface area contributed by atoms with Crippen LogP contribution in [0.3, 0.4) is 0 Å². The maximum atomic E-state index is 13.0. The van der Waals surface area contributed by atoms with Gasteiger partial charge in [-0.25, -0.2) is 0 Å². The summed E-state index contributed by atoms with van der Waals surface area (Å²) in [5.41, 5.74) is 1.34. The van der Waals surface area contributed by atoms with Crippen LogP contribution >= 0.6 is 24.0 Å². The second-order valence-corrected chi connectivity index (χ2v) is 7.32. The molecular formula is C20H19NO5S2. The van der Waals surface area contributed by atoms with E-state index >= 15 is 0 Å². The molecule has 6 nitrogen and oxygen atoms in total. The van der Waals surface area contributed by atoms with Gasteiger partial charge in [-0.15, -0.1) is 0 Å². The van der Waals surface area contributed by atoms with Crippen LogP contribution in [0.1, 0.15) is 5.56 Å². The average Bonchev–Trinajstić information content (AvgIpc) is 2.99. The van der Waals surface area contributed by atoms with Crippen molar-refractivity contribution in [3.63, 3.8) is 0 Å². The molecule has 0 atom stereocenters. The number of methoxy groups -OCH3 is 4. The Morgan fingerprint density at radius 2 is 1.54 bits per heavy atom. The number of hydrogen-bond donors (Lipinski definition) is 0. The van der Waals surface area contributed by atoms with Gasteiger partial charge < -0.3 is 18.9 Å². The molecule has 0 radical (unpaired) electrons. The van der Waals surface area contributed by atoms with Crippen molar-refractivity contribution in [3.8, 4) is 23.0 Å². The van der Waals surface area contributed by atoms with Crippen LogP contribution in [0, 0.1) is 0 Å². The van der Waals surface area contributed by atoms with Crippen molar-refractivity contribution < 1.29 is 23.7 Å². The lowest BCUT2D eigenvalue weighted by atomic mass is 10.1. The Bertz CT molecular complexity index is 932. The van der Waals surface area contributed by atoms with Crippen molar-refractivity contribution in [2.24, 2.45) is 0 Å². The number of para-hydroxylation sites is 2. The zero-order valence-electron chi connectivity index (χ0n) is 15.8. The molecular weight excluding hydrogens is 398 g/mol. The number of rotatable bonds is 6. The van der Waals surface area contributed by atoms with Crippen molar-refractivity contribution in [2.75, 3.05) is 33.3 Å². The SMILES string of the molecule is COc1ccccc1N1C(=O)C(=Cc2cc(OC)c(OC)c(OC)c2)SC1=S. The van der Waals surface area contributed by atoms with E-state index in [2.05, 4.69) is 0 Å². The minimum Gasteiger partial charge on any atom is -0.495 e. The molecule has 2 aromatic carbocycles. The number of thiocarbonyl (C=S) groups is 1. The van der Waals surface area contributed by atoms with Gasteiger partial charge in [-0.3, -0.25) is 9.69 Å². The molecule has 1 heterocycles. The Hall–Kier alpha value is -2.71. The van der Waals surface area contributed by atoms with Crippen LogP contribution in [0.15, 0.2) is 41.3 Å². The molecule has 0 aromatic heterocycles. The van der Waals surface area contributed by atoms with Gasteiger partial charge in [0.05, 0.1) is 39.0 Å². The highest BCUT2D eigenvalue weighted by Gasteiger charge is 2.35. The minimum atomic E-state index is -0.215. The number of carbonyl (C=O) groups excluding carboxylic acids is 1. The third-order valence-electron chi connectivity index (χ3n) is 4.10. The van der Waals surface area contributed by atoms with E-state index in [4.69, 9.17) is 31.2 Å². The van der Waals surface area contributed by atoms with E-state index in [1.807, 2.05) is 12.1 Å². The molecule has 0 bridgehead atoms. The van der Waals surface area contributed by atoms with E-state index in [0.29, 0.717) is 37.9 Å². The maximum Gasteiger partial charge on any atom is 0.270 e. The number of benzene rings is 2. The third-order valence-corrected chi connectivity index (χ3v) is 5.41. The predicted octanol–water partition coefficient (Wildman–Crippen LogP) is 4.13. The summed E-state index contributed by atoms with van der Waals surface area (Å²) in [5.74, 6) is 1.87. The number of anilines is 1. The summed E-state index contributed by atoms with van der Waals surface area (Å²) in [6, 6.07) is 10.8. The Kier molecular flexibility index (Phi) is 6.11. The first-order valence-electron chi connectivity index (χ1n) is 8.25. The summed E-state index contributed by atoms with van der Waals surface area (Å²) in [6.07, 6.45) is 1.75. The summed E-state index contributed by atoms with van der Waals surface area (Å²) in [6.45, 7) is 0. The molecule has 0 spiro atoms. The first kappa shape index (κ1) is 20.0. The molecule has 1 amide bonds. The number of carbonyl (C=O) groups is 1. The highest BCUT2D eigenvalue weighted by atomic mass is 32.2. The fourth-order valence-electron chi connectivity index (χ4n) is 2.83. The summed E-state index contributed by atoms with van der Waals surface area (Å²) in [4.78, 5) is 15.0. The molecule has 1 fully saturated rings. The molecule has 0 aliphatic carbocycles. The Morgan fingerprint density at radius 1 is 0.929 bits per heavy atom. The molecule has 146 valence electrons. The summed E-state index contributed by atoms with van der Waals surface area (Å²) < 4.78 is 21.9. The Balaban J connectivity index is 2.00. The zero-order valence-corrected chi connectivity index (χ0v) is 17.5. The standard InChI is InChI=1S/C20H19NO5S2/c1-23-14-8-6-5-7-13(14)21-19(22)17(28-20(21)27)11-12-9-15(24-2)18(26-4)16(10-12)25-3/h5-11H,1-4H3. The molecule has 1 saturated heterocycles. The molecule has 2 aromatic rings. The van der Waals surface area contributed by atoms with Gasteiger partial charge in [-0.1, -0.05) is 36.1 Å². The van der Waals surface area contributed by atoms with Crippen molar-refractivity contribution in [1.29, 1.82) is 0 Å². The van der Waals surface area contributed by atoms with E-state index in [-0.39, 0.29) is 5.91 Å². The lowest BCUT2D eigenvalue weighted by Gasteiger charge is -2.17.